The molecule has 16 nitrogen and oxygen atoms in total. The summed E-state index contributed by atoms with van der Waals surface area (Å²) in [6.07, 6.45) is -6.06. The average molecular weight is 867 g/mol. The molecule has 21 atom stereocenters. The van der Waals surface area contributed by atoms with Crippen molar-refractivity contribution >= 4 is 11.9 Å². The van der Waals surface area contributed by atoms with Crippen LogP contribution in [0.2, 0.25) is 0 Å². The van der Waals surface area contributed by atoms with Gasteiger partial charge in [0.05, 0.1) is 37.1 Å². The molecule has 8 aliphatic rings. The first-order valence-corrected chi connectivity index (χ1v) is 22.5. The number of allylic oxidation sites excluding steroid dienone is 1. The topological polar surface area (TPSA) is 251 Å². The van der Waals surface area contributed by atoms with Gasteiger partial charge in [-0.15, -0.1) is 0 Å². The maximum atomic E-state index is 12.2. The van der Waals surface area contributed by atoms with E-state index in [0.717, 1.165) is 38.5 Å². The molecule has 8 rings (SSSR count). The van der Waals surface area contributed by atoms with E-state index in [4.69, 9.17) is 33.5 Å². The molecule has 0 aromatic heterocycles. The van der Waals surface area contributed by atoms with Crippen LogP contribution < -0.4 is 0 Å². The largest absolute Gasteiger partial charge is 0.481 e. The Balaban J connectivity index is 1.01. The SMILES string of the molecule is C[C@H]1O[C@@H](O[C@H]2CC[C@@]3(C)C(CC[C@]4(C)C3C=CC35OCC6(CCC(C)(C)C[C@H]63)[C@@H](O)C[C@]54C)[C@]2(C)CO)[C@H](O)[C@@H](O[C@@H]2O[C@H](COC(=O)CC(=O)O)[C@@H](O)[C@H](O)[C@H]2O)[C@H]1O. The summed E-state index contributed by atoms with van der Waals surface area (Å²) in [5.74, 6) is -2.21. The maximum Gasteiger partial charge on any atom is 0.317 e. The third-order valence-electron chi connectivity index (χ3n) is 18.4. The highest BCUT2D eigenvalue weighted by Gasteiger charge is 2.79. The fourth-order valence-electron chi connectivity index (χ4n) is 14.6. The van der Waals surface area contributed by atoms with Crippen molar-refractivity contribution in [3.05, 3.63) is 12.2 Å². The van der Waals surface area contributed by atoms with Crippen LogP contribution in [0, 0.1) is 50.2 Å². The lowest BCUT2D eigenvalue weighted by Crippen LogP contribution is -2.72. The number of aliphatic carboxylic acids is 1. The van der Waals surface area contributed by atoms with E-state index in [1.54, 1.807) is 6.92 Å². The number of ether oxygens (including phenoxy) is 6. The summed E-state index contributed by atoms with van der Waals surface area (Å²) < 4.78 is 36.3. The van der Waals surface area contributed by atoms with E-state index < -0.39 is 110 Å². The van der Waals surface area contributed by atoms with Crippen LogP contribution >= 0.6 is 0 Å². The quantitative estimate of drug-likeness (QED) is 0.0712. The first-order valence-electron chi connectivity index (χ1n) is 22.5. The Morgan fingerprint density at radius 2 is 1.49 bits per heavy atom. The van der Waals surface area contributed by atoms with Crippen molar-refractivity contribution in [2.45, 2.75) is 185 Å². The Morgan fingerprint density at radius 1 is 0.787 bits per heavy atom. The van der Waals surface area contributed by atoms with Crippen molar-refractivity contribution < 1.29 is 78.9 Å². The van der Waals surface area contributed by atoms with Gasteiger partial charge in [-0.2, -0.15) is 0 Å². The van der Waals surface area contributed by atoms with Crippen LogP contribution in [0.5, 0.6) is 0 Å². The van der Waals surface area contributed by atoms with Crippen LogP contribution in [0.15, 0.2) is 12.2 Å². The number of carboxylic acid groups (broad SMARTS) is 1. The monoisotopic (exact) mass is 866 g/mol. The van der Waals surface area contributed by atoms with Crippen molar-refractivity contribution in [1.29, 1.82) is 0 Å². The molecule has 1 spiro atoms. The van der Waals surface area contributed by atoms with Crippen LogP contribution in [0.1, 0.15) is 106 Å². The zero-order valence-electron chi connectivity index (χ0n) is 36.6. The van der Waals surface area contributed by atoms with E-state index in [-0.39, 0.29) is 51.4 Å². The molecular formula is C45H70O16. The normalized spacial score (nSPS) is 54.8. The van der Waals surface area contributed by atoms with Crippen LogP contribution in [0.4, 0.5) is 0 Å². The standard InChI is InChI=1S/C45H70O16/c1-22-31(51)36(61-37-34(54)33(53)32(52)23(59-37)19-56-30(50)16-29(48)49)35(55)38(58-22)60-28-10-11-40(4)24(41(28,5)20-46)8-12-42(6)25(40)9-13-45-26-17-39(2,3)14-15-44(26,21-57-45)27(47)18-43(42,45)7/h9,13,22-28,31-38,46-47,51-55H,8,10-12,14-21H2,1-7H3,(H,48,49)/t22-,23-,24?,25?,26-,27+,28+,31+,32-,33+,34-,35-,36+,37+,38+,40+,41+,42-,43+,44?,45?/m1/s1. The average Bonchev–Trinajstić information content (AvgIpc) is 3.47. The summed E-state index contributed by atoms with van der Waals surface area (Å²) in [7, 11) is 0. The lowest BCUT2D eigenvalue weighted by molar-refractivity contribution is -0.367. The van der Waals surface area contributed by atoms with Crippen LogP contribution in [-0.4, -0.2) is 152 Å². The fraction of sp³-hybridized carbons (Fsp3) is 0.911. The summed E-state index contributed by atoms with van der Waals surface area (Å²) >= 11 is 0. The highest BCUT2D eigenvalue weighted by molar-refractivity contribution is 5.90. The third kappa shape index (κ3) is 6.65. The summed E-state index contributed by atoms with van der Waals surface area (Å²) in [5.41, 5.74) is -2.16. The Bertz CT molecular complexity index is 1730. The predicted octanol–water partition coefficient (Wildman–Crippen LogP) is 1.80. The van der Waals surface area contributed by atoms with E-state index in [1.807, 2.05) is 6.92 Å². The minimum absolute atomic E-state index is 0.00846. The molecule has 346 valence electrons. The number of hydrogen-bond donors (Lipinski definition) is 8. The van der Waals surface area contributed by atoms with Gasteiger partial charge >= 0.3 is 11.9 Å². The second-order valence-electron chi connectivity index (χ2n) is 22.0. The van der Waals surface area contributed by atoms with Crippen molar-refractivity contribution in [3.63, 3.8) is 0 Å². The smallest absolute Gasteiger partial charge is 0.317 e. The Kier molecular flexibility index (Phi) is 11.6. The summed E-state index contributed by atoms with van der Waals surface area (Å²) in [6, 6.07) is 0. The molecule has 61 heavy (non-hydrogen) atoms. The number of fused-ring (bicyclic) bond motifs is 4. The molecule has 4 unspecified atom stereocenters. The number of aliphatic hydroxyl groups is 7. The zero-order valence-corrected chi connectivity index (χ0v) is 36.6. The summed E-state index contributed by atoms with van der Waals surface area (Å²) in [6.45, 7) is 15.1. The lowest BCUT2D eigenvalue weighted by Gasteiger charge is -2.73. The highest BCUT2D eigenvalue weighted by atomic mass is 16.7. The Morgan fingerprint density at radius 3 is 2.18 bits per heavy atom. The highest BCUT2D eigenvalue weighted by Crippen LogP contribution is 2.79. The number of carbonyl (C=O) groups excluding carboxylic acids is 1. The van der Waals surface area contributed by atoms with Crippen molar-refractivity contribution in [3.8, 4) is 0 Å². The number of rotatable bonds is 9. The molecule has 0 amide bonds. The zero-order chi connectivity index (χ0) is 44.5. The van der Waals surface area contributed by atoms with Crippen LogP contribution in [0.25, 0.3) is 0 Å². The van der Waals surface area contributed by atoms with E-state index in [2.05, 4.69) is 46.8 Å². The lowest BCUT2D eigenvalue weighted by atomic mass is 9.32. The minimum Gasteiger partial charge on any atom is -0.481 e. The van der Waals surface area contributed by atoms with Gasteiger partial charge < -0.3 is 69.3 Å². The van der Waals surface area contributed by atoms with Gasteiger partial charge in [-0.25, -0.2) is 0 Å². The Labute approximate surface area is 357 Å². The fourth-order valence-corrected chi connectivity index (χ4v) is 14.6. The molecule has 3 aliphatic heterocycles. The van der Waals surface area contributed by atoms with Gasteiger partial charge in [-0.05, 0) is 86.4 Å². The molecule has 0 radical (unpaired) electrons. The van der Waals surface area contributed by atoms with Gasteiger partial charge in [0, 0.05) is 22.2 Å². The molecule has 7 fully saturated rings. The first-order chi connectivity index (χ1) is 28.4. The third-order valence-corrected chi connectivity index (χ3v) is 18.4. The minimum atomic E-state index is -1.86. The van der Waals surface area contributed by atoms with Gasteiger partial charge in [0.15, 0.2) is 12.6 Å². The molecule has 5 aliphatic carbocycles. The van der Waals surface area contributed by atoms with E-state index in [0.29, 0.717) is 19.4 Å². The maximum absolute atomic E-state index is 12.2. The van der Waals surface area contributed by atoms with Crippen LogP contribution in [0.3, 0.4) is 0 Å². The van der Waals surface area contributed by atoms with Crippen LogP contribution in [-0.2, 0) is 38.0 Å². The summed E-state index contributed by atoms with van der Waals surface area (Å²) in [4.78, 5) is 22.7. The molecule has 3 heterocycles. The predicted molar refractivity (Wildman–Crippen MR) is 213 cm³/mol. The number of hydrogen-bond acceptors (Lipinski definition) is 15. The van der Waals surface area contributed by atoms with Crippen molar-refractivity contribution in [1.82, 2.24) is 0 Å². The van der Waals surface area contributed by atoms with Gasteiger partial charge in [-0.1, -0.05) is 53.7 Å². The first kappa shape index (κ1) is 45.8. The second-order valence-corrected chi connectivity index (χ2v) is 22.0. The van der Waals surface area contributed by atoms with Gasteiger partial charge in [0.25, 0.3) is 0 Å². The molecular weight excluding hydrogens is 796 g/mol. The number of esters is 1. The number of carboxylic acids is 1. The number of carbonyl (C=O) groups is 2. The van der Waals surface area contributed by atoms with Gasteiger partial charge in [0.2, 0.25) is 0 Å². The van der Waals surface area contributed by atoms with E-state index in [9.17, 15) is 45.3 Å². The molecule has 3 saturated heterocycles. The van der Waals surface area contributed by atoms with E-state index in [1.165, 1.54) is 0 Å². The Hall–Kier alpha value is -1.80. The molecule has 16 heteroatoms. The van der Waals surface area contributed by atoms with Crippen molar-refractivity contribution in [2.24, 2.45) is 50.2 Å². The number of aliphatic hydroxyl groups excluding tert-OH is 7. The molecule has 0 aromatic carbocycles. The molecule has 4 saturated carbocycles. The van der Waals surface area contributed by atoms with E-state index >= 15 is 0 Å². The molecule has 8 N–H and O–H groups in total. The molecule has 0 aromatic rings. The summed E-state index contributed by atoms with van der Waals surface area (Å²) in [5, 5.41) is 87.3. The second kappa shape index (κ2) is 15.4. The van der Waals surface area contributed by atoms with Gasteiger partial charge in [0.1, 0.15) is 55.8 Å². The van der Waals surface area contributed by atoms with Crippen molar-refractivity contribution in [2.75, 3.05) is 19.8 Å². The van der Waals surface area contributed by atoms with Gasteiger partial charge in [-0.3, -0.25) is 9.59 Å². The molecule has 2 bridgehead atoms.